The van der Waals surface area contributed by atoms with E-state index in [1.165, 1.54) is 6.08 Å². The fourth-order valence-corrected chi connectivity index (χ4v) is 0.662. The van der Waals surface area contributed by atoms with Crippen LogP contribution in [0.1, 0.15) is 26.7 Å². The molecule has 0 radical (unpaired) electrons. The summed E-state index contributed by atoms with van der Waals surface area (Å²) in [6.45, 7) is 3.67. The zero-order valence-corrected chi connectivity index (χ0v) is 6.53. The van der Waals surface area contributed by atoms with Crippen molar-refractivity contribution in [2.75, 3.05) is 0 Å². The molecular formula is C7H11ClO. The summed E-state index contributed by atoms with van der Waals surface area (Å²) in [7, 11) is 0. The van der Waals surface area contributed by atoms with Gasteiger partial charge in [-0.3, -0.25) is 4.79 Å². The largest absolute Gasteiger partial charge is 0.295 e. The second kappa shape index (κ2) is 4.57. The Labute approximate surface area is 60.7 Å². The Hall–Kier alpha value is -0.300. The minimum atomic E-state index is 0.116. The number of allylic oxidation sites excluding steroid dienone is 2. The van der Waals surface area contributed by atoms with Crippen LogP contribution in [0.5, 0.6) is 0 Å². The molecule has 52 valence electrons. The van der Waals surface area contributed by atoms with Crippen LogP contribution in [0.15, 0.2) is 11.1 Å². The number of hydrogen-bond acceptors (Lipinski definition) is 1. The lowest BCUT2D eigenvalue weighted by atomic mass is 10.2. The average Bonchev–Trinajstić information content (AvgIpc) is 1.63. The molecule has 1 nitrogen and oxygen atoms in total. The van der Waals surface area contributed by atoms with E-state index in [0.29, 0.717) is 11.5 Å². The van der Waals surface area contributed by atoms with Gasteiger partial charge in [-0.2, -0.15) is 0 Å². The predicted octanol–water partition coefficient (Wildman–Crippen LogP) is 2.50. The van der Waals surface area contributed by atoms with Crippen molar-refractivity contribution >= 4 is 17.4 Å². The second-order valence-electron chi connectivity index (χ2n) is 1.95. The monoisotopic (exact) mass is 146 g/mol. The highest BCUT2D eigenvalue weighted by Crippen LogP contribution is 2.00. The average molecular weight is 147 g/mol. The molecule has 0 aromatic heterocycles. The van der Waals surface area contributed by atoms with Crippen LogP contribution in [0.2, 0.25) is 0 Å². The Morgan fingerprint density at radius 1 is 1.67 bits per heavy atom. The molecule has 0 amide bonds. The first kappa shape index (κ1) is 8.70. The standard InChI is InChI=1S/C7H11ClO/c1-3-4-7(9)5-6(2)8/h5H,3-4H2,1-2H3/b6-5-. The number of halogens is 1. The molecule has 0 saturated heterocycles. The third-order valence-corrected chi connectivity index (χ3v) is 0.965. The van der Waals surface area contributed by atoms with E-state index < -0.39 is 0 Å². The molecule has 0 saturated carbocycles. The minimum Gasteiger partial charge on any atom is -0.295 e. The first-order valence-electron chi connectivity index (χ1n) is 3.03. The predicted molar refractivity (Wildman–Crippen MR) is 39.5 cm³/mol. The van der Waals surface area contributed by atoms with E-state index in [0.717, 1.165) is 6.42 Å². The summed E-state index contributed by atoms with van der Waals surface area (Å²) in [6.07, 6.45) is 2.95. The van der Waals surface area contributed by atoms with E-state index in [9.17, 15) is 4.79 Å². The van der Waals surface area contributed by atoms with Crippen LogP contribution in [-0.2, 0) is 4.79 Å². The van der Waals surface area contributed by atoms with Gasteiger partial charge in [-0.25, -0.2) is 0 Å². The lowest BCUT2D eigenvalue weighted by molar-refractivity contribution is -0.114. The maximum atomic E-state index is 10.7. The van der Waals surface area contributed by atoms with E-state index in [1.54, 1.807) is 6.92 Å². The first-order valence-corrected chi connectivity index (χ1v) is 3.41. The van der Waals surface area contributed by atoms with Crippen molar-refractivity contribution in [2.45, 2.75) is 26.7 Å². The van der Waals surface area contributed by atoms with Gasteiger partial charge in [-0.05, 0) is 19.4 Å². The smallest absolute Gasteiger partial charge is 0.156 e. The quantitative estimate of drug-likeness (QED) is 0.560. The van der Waals surface area contributed by atoms with Gasteiger partial charge >= 0.3 is 0 Å². The summed E-state index contributed by atoms with van der Waals surface area (Å²) >= 11 is 5.45. The molecule has 0 heterocycles. The van der Waals surface area contributed by atoms with Crippen LogP contribution in [0.25, 0.3) is 0 Å². The number of carbonyl (C=O) groups is 1. The van der Waals surface area contributed by atoms with Crippen molar-refractivity contribution < 1.29 is 4.79 Å². The molecule has 0 aliphatic rings. The van der Waals surface area contributed by atoms with Gasteiger partial charge in [-0.15, -0.1) is 0 Å². The van der Waals surface area contributed by atoms with Crippen molar-refractivity contribution in [2.24, 2.45) is 0 Å². The van der Waals surface area contributed by atoms with Crippen LogP contribution >= 0.6 is 11.6 Å². The summed E-state index contributed by atoms with van der Waals surface area (Å²) in [5, 5.41) is 0.563. The molecule has 9 heavy (non-hydrogen) atoms. The molecular weight excluding hydrogens is 136 g/mol. The number of hydrogen-bond donors (Lipinski definition) is 0. The van der Waals surface area contributed by atoms with Crippen molar-refractivity contribution in [3.63, 3.8) is 0 Å². The molecule has 0 aliphatic carbocycles. The van der Waals surface area contributed by atoms with Crippen LogP contribution in [-0.4, -0.2) is 5.78 Å². The van der Waals surface area contributed by atoms with Crippen molar-refractivity contribution in [1.82, 2.24) is 0 Å². The van der Waals surface area contributed by atoms with Gasteiger partial charge in [0.2, 0.25) is 0 Å². The van der Waals surface area contributed by atoms with Gasteiger partial charge in [-0.1, -0.05) is 18.5 Å². The van der Waals surface area contributed by atoms with Gasteiger partial charge in [0.25, 0.3) is 0 Å². The molecule has 0 spiro atoms. The van der Waals surface area contributed by atoms with Gasteiger partial charge in [0, 0.05) is 11.5 Å². The summed E-state index contributed by atoms with van der Waals surface area (Å²) in [5.74, 6) is 0.116. The second-order valence-corrected chi connectivity index (χ2v) is 2.54. The van der Waals surface area contributed by atoms with Gasteiger partial charge in [0.15, 0.2) is 5.78 Å². The van der Waals surface area contributed by atoms with Crippen molar-refractivity contribution in [3.8, 4) is 0 Å². The van der Waals surface area contributed by atoms with Gasteiger partial charge in [0.1, 0.15) is 0 Å². The van der Waals surface area contributed by atoms with E-state index in [2.05, 4.69) is 0 Å². The molecule has 0 aliphatic heterocycles. The van der Waals surface area contributed by atoms with E-state index >= 15 is 0 Å². The van der Waals surface area contributed by atoms with Crippen molar-refractivity contribution in [3.05, 3.63) is 11.1 Å². The molecule has 0 bridgehead atoms. The van der Waals surface area contributed by atoms with Crippen LogP contribution in [0.3, 0.4) is 0 Å². The van der Waals surface area contributed by atoms with Crippen LogP contribution in [0, 0.1) is 0 Å². The third kappa shape index (κ3) is 5.57. The molecule has 0 fully saturated rings. The summed E-state index contributed by atoms with van der Waals surface area (Å²) in [6, 6.07) is 0. The maximum Gasteiger partial charge on any atom is 0.156 e. The Morgan fingerprint density at radius 3 is 2.56 bits per heavy atom. The van der Waals surface area contributed by atoms with E-state index in [4.69, 9.17) is 11.6 Å². The van der Waals surface area contributed by atoms with E-state index in [-0.39, 0.29) is 5.78 Å². The normalized spacial score (nSPS) is 11.7. The van der Waals surface area contributed by atoms with Crippen LogP contribution in [0.4, 0.5) is 0 Å². The molecule has 0 unspecified atom stereocenters. The highest BCUT2D eigenvalue weighted by molar-refractivity contribution is 6.30. The maximum absolute atomic E-state index is 10.7. The summed E-state index contributed by atoms with van der Waals surface area (Å²) in [5.41, 5.74) is 0. The lowest BCUT2D eigenvalue weighted by Gasteiger charge is -1.87. The van der Waals surface area contributed by atoms with Gasteiger partial charge < -0.3 is 0 Å². The fourth-order valence-electron chi connectivity index (χ4n) is 0.540. The Kier molecular flexibility index (Phi) is 4.41. The zero-order valence-electron chi connectivity index (χ0n) is 5.78. The number of carbonyl (C=O) groups excluding carboxylic acids is 1. The SMILES string of the molecule is CCCC(=O)/C=C(/C)Cl. The highest BCUT2D eigenvalue weighted by atomic mass is 35.5. The first-order chi connectivity index (χ1) is 4.16. The molecule has 0 atom stereocenters. The lowest BCUT2D eigenvalue weighted by Crippen LogP contribution is -1.90. The van der Waals surface area contributed by atoms with E-state index in [1.807, 2.05) is 6.92 Å². The number of ketones is 1. The molecule has 2 heteroatoms. The summed E-state index contributed by atoms with van der Waals surface area (Å²) in [4.78, 5) is 10.7. The van der Waals surface area contributed by atoms with Crippen LogP contribution < -0.4 is 0 Å². The number of rotatable bonds is 3. The van der Waals surface area contributed by atoms with Gasteiger partial charge in [0.05, 0.1) is 0 Å². The Bertz CT molecular complexity index is 123. The highest BCUT2D eigenvalue weighted by Gasteiger charge is 1.93. The Morgan fingerprint density at radius 2 is 2.22 bits per heavy atom. The fraction of sp³-hybridized carbons (Fsp3) is 0.571. The molecule has 0 rings (SSSR count). The van der Waals surface area contributed by atoms with Crippen molar-refractivity contribution in [1.29, 1.82) is 0 Å². The summed E-state index contributed by atoms with van der Waals surface area (Å²) < 4.78 is 0. The third-order valence-electron chi connectivity index (χ3n) is 0.856. The molecule has 0 aromatic carbocycles. The minimum absolute atomic E-state index is 0.116. The molecule has 0 aromatic rings. The zero-order chi connectivity index (χ0) is 7.28. The molecule has 0 N–H and O–H groups in total. The topological polar surface area (TPSA) is 17.1 Å². The Balaban J connectivity index is 3.63.